The van der Waals surface area contributed by atoms with E-state index in [1.807, 2.05) is 33.1 Å². The van der Waals surface area contributed by atoms with Crippen molar-refractivity contribution in [2.75, 3.05) is 58.2 Å². The molecule has 3 atom stereocenters. The molecule has 2 aliphatic rings. The standard InChI is InChI=1S/C22H36ClFN8O3/c1-30(2)15-11-32(12-16(15)31(3)4)19-17(24)18(26-21(23)27-19)28-29-20(33)14(10-25-22(34)35)9-13-7-5-6-8-13/h13-16,25H,5-12H2,1-4H3,(H,29,33)(H,34,35)(H,26,27,28)/t14-,15?,16?/m1/s1. The number of hydrogen-bond acceptors (Lipinski definition) is 8. The van der Waals surface area contributed by atoms with Gasteiger partial charge in [0.25, 0.3) is 0 Å². The van der Waals surface area contributed by atoms with Crippen LogP contribution in [0.25, 0.3) is 0 Å². The van der Waals surface area contributed by atoms with Crippen LogP contribution < -0.4 is 21.1 Å². The molecule has 2 unspecified atom stereocenters. The number of nitrogens with one attached hydrogen (secondary N) is 3. The van der Waals surface area contributed by atoms with Gasteiger partial charge < -0.3 is 25.1 Å². The van der Waals surface area contributed by atoms with Crippen LogP contribution >= 0.6 is 11.6 Å². The normalized spacial score (nSPS) is 21.5. The van der Waals surface area contributed by atoms with Gasteiger partial charge in [0.15, 0.2) is 11.6 Å². The van der Waals surface area contributed by atoms with Gasteiger partial charge in [0.2, 0.25) is 17.0 Å². The van der Waals surface area contributed by atoms with Crippen molar-refractivity contribution in [1.29, 1.82) is 0 Å². The first-order valence-electron chi connectivity index (χ1n) is 11.9. The van der Waals surface area contributed by atoms with E-state index in [-0.39, 0.29) is 35.5 Å². The van der Waals surface area contributed by atoms with Gasteiger partial charge in [-0.25, -0.2) is 4.79 Å². The summed E-state index contributed by atoms with van der Waals surface area (Å²) in [5, 5.41) is 11.1. The molecule has 3 rings (SSSR count). The average molecular weight is 515 g/mol. The Kier molecular flexibility index (Phi) is 9.31. The molecular formula is C22H36ClFN8O3. The molecule has 0 aromatic carbocycles. The van der Waals surface area contributed by atoms with E-state index in [0.29, 0.717) is 25.4 Å². The lowest BCUT2D eigenvalue weighted by atomic mass is 9.92. The summed E-state index contributed by atoms with van der Waals surface area (Å²) in [4.78, 5) is 37.9. The maximum absolute atomic E-state index is 15.4. The van der Waals surface area contributed by atoms with Gasteiger partial charge in [-0.2, -0.15) is 14.4 Å². The molecule has 0 radical (unpaired) electrons. The summed E-state index contributed by atoms with van der Waals surface area (Å²) < 4.78 is 15.4. The number of carbonyl (C=O) groups is 2. The third kappa shape index (κ3) is 7.05. The number of halogens is 2. The van der Waals surface area contributed by atoms with Crippen molar-refractivity contribution in [3.8, 4) is 0 Å². The number of nitrogens with zero attached hydrogens (tertiary/aromatic N) is 5. The first-order chi connectivity index (χ1) is 16.6. The van der Waals surface area contributed by atoms with Crippen LogP contribution in [0.1, 0.15) is 32.1 Å². The Bertz CT molecular complexity index is 884. The van der Waals surface area contributed by atoms with Gasteiger partial charge in [0.1, 0.15) is 0 Å². The third-order valence-corrected chi connectivity index (χ3v) is 7.13. The van der Waals surface area contributed by atoms with Crippen molar-refractivity contribution in [1.82, 2.24) is 30.5 Å². The van der Waals surface area contributed by atoms with E-state index in [2.05, 4.69) is 35.9 Å². The molecule has 0 spiro atoms. The van der Waals surface area contributed by atoms with E-state index in [1.54, 1.807) is 0 Å². The number of aromatic nitrogens is 2. The molecule has 11 nitrogen and oxygen atoms in total. The molecule has 1 saturated heterocycles. The van der Waals surface area contributed by atoms with Gasteiger partial charge in [0.05, 0.1) is 5.92 Å². The summed E-state index contributed by atoms with van der Waals surface area (Å²) >= 11 is 6.11. The molecule has 35 heavy (non-hydrogen) atoms. The Morgan fingerprint density at radius 1 is 1.14 bits per heavy atom. The van der Waals surface area contributed by atoms with E-state index >= 15 is 4.39 Å². The van der Waals surface area contributed by atoms with Crippen LogP contribution in [0.2, 0.25) is 5.28 Å². The minimum atomic E-state index is -1.20. The maximum Gasteiger partial charge on any atom is 0.404 e. The van der Waals surface area contributed by atoms with Gasteiger partial charge in [-0.05, 0) is 52.1 Å². The van der Waals surface area contributed by atoms with Gasteiger partial charge >= 0.3 is 6.09 Å². The molecule has 2 fully saturated rings. The lowest BCUT2D eigenvalue weighted by Crippen LogP contribution is -2.45. The van der Waals surface area contributed by atoms with Crippen molar-refractivity contribution in [2.24, 2.45) is 11.8 Å². The highest BCUT2D eigenvalue weighted by atomic mass is 35.5. The van der Waals surface area contributed by atoms with Gasteiger partial charge in [-0.3, -0.25) is 15.6 Å². The van der Waals surface area contributed by atoms with Crippen LogP contribution in [0.15, 0.2) is 0 Å². The quantitative estimate of drug-likeness (QED) is 0.273. The Hall–Kier alpha value is -2.44. The molecule has 1 aliphatic heterocycles. The van der Waals surface area contributed by atoms with Crippen LogP contribution in [-0.2, 0) is 4.79 Å². The largest absolute Gasteiger partial charge is 0.465 e. The van der Waals surface area contributed by atoms with Crippen molar-refractivity contribution < 1.29 is 19.1 Å². The average Bonchev–Trinajstić information content (AvgIpc) is 3.46. The Labute approximate surface area is 210 Å². The molecule has 1 aromatic rings. The first-order valence-corrected chi connectivity index (χ1v) is 12.3. The molecule has 196 valence electrons. The molecule has 2 heterocycles. The second-order valence-electron chi connectivity index (χ2n) is 9.83. The number of carboxylic acid groups (broad SMARTS) is 1. The zero-order chi connectivity index (χ0) is 25.7. The van der Waals surface area contributed by atoms with Crippen molar-refractivity contribution in [2.45, 2.75) is 44.2 Å². The number of carbonyl (C=O) groups excluding carboxylic acids is 1. The molecular weight excluding hydrogens is 479 g/mol. The fourth-order valence-electron chi connectivity index (χ4n) is 5.02. The molecule has 4 N–H and O–H groups in total. The number of hydrogen-bond donors (Lipinski definition) is 4. The number of amides is 2. The van der Waals surface area contributed by atoms with E-state index in [1.165, 1.54) is 0 Å². The van der Waals surface area contributed by atoms with Gasteiger partial charge in [-0.1, -0.05) is 25.7 Å². The smallest absolute Gasteiger partial charge is 0.404 e. The third-order valence-electron chi connectivity index (χ3n) is 6.96. The summed E-state index contributed by atoms with van der Waals surface area (Å²) in [7, 11) is 7.94. The molecule has 1 aliphatic carbocycles. The maximum atomic E-state index is 15.4. The number of likely N-dealkylation sites (N-methyl/N-ethyl adjacent to an activating group) is 2. The first kappa shape index (κ1) is 27.2. The highest BCUT2D eigenvalue weighted by molar-refractivity contribution is 6.28. The van der Waals surface area contributed by atoms with Crippen LogP contribution in [-0.4, -0.2) is 96.8 Å². The SMILES string of the molecule is CN(C)C1CN(c2nc(Cl)nc(NNC(=O)[C@@H](CNC(=O)O)CC3CCCC3)c2F)CC1N(C)C. The molecule has 1 aromatic heterocycles. The van der Waals surface area contributed by atoms with Crippen LogP contribution in [0.4, 0.5) is 20.8 Å². The Morgan fingerprint density at radius 2 is 1.74 bits per heavy atom. The van der Waals surface area contributed by atoms with E-state index < -0.39 is 23.7 Å². The second kappa shape index (κ2) is 12.0. The van der Waals surface area contributed by atoms with Crippen LogP contribution in [0, 0.1) is 17.7 Å². The lowest BCUT2D eigenvalue weighted by molar-refractivity contribution is -0.124. The highest BCUT2D eigenvalue weighted by Crippen LogP contribution is 2.31. The summed E-state index contributed by atoms with van der Waals surface area (Å²) in [5.74, 6) is -1.57. The number of rotatable bonds is 10. The minimum Gasteiger partial charge on any atom is -0.465 e. The van der Waals surface area contributed by atoms with Crippen molar-refractivity contribution >= 4 is 35.2 Å². The zero-order valence-corrected chi connectivity index (χ0v) is 21.5. The monoisotopic (exact) mass is 514 g/mol. The molecule has 13 heteroatoms. The summed E-state index contributed by atoms with van der Waals surface area (Å²) in [5.41, 5.74) is 5.04. The van der Waals surface area contributed by atoms with Crippen LogP contribution in [0.5, 0.6) is 0 Å². The molecule has 2 amide bonds. The summed E-state index contributed by atoms with van der Waals surface area (Å²) in [6.07, 6.45) is 3.60. The predicted molar refractivity (Wildman–Crippen MR) is 132 cm³/mol. The fourth-order valence-corrected chi connectivity index (χ4v) is 5.19. The Balaban J connectivity index is 1.71. The lowest BCUT2D eigenvalue weighted by Gasteiger charge is -2.29. The second-order valence-corrected chi connectivity index (χ2v) is 10.2. The minimum absolute atomic E-state index is 0.0246. The van der Waals surface area contributed by atoms with Crippen molar-refractivity contribution in [3.63, 3.8) is 0 Å². The van der Waals surface area contributed by atoms with E-state index in [0.717, 1.165) is 25.7 Å². The highest BCUT2D eigenvalue weighted by Gasteiger charge is 2.38. The number of anilines is 2. The van der Waals surface area contributed by atoms with Crippen molar-refractivity contribution in [3.05, 3.63) is 11.1 Å². The Morgan fingerprint density at radius 3 is 2.29 bits per heavy atom. The summed E-state index contributed by atoms with van der Waals surface area (Å²) in [6, 6.07) is 0.319. The van der Waals surface area contributed by atoms with Crippen LogP contribution in [0.3, 0.4) is 0 Å². The van der Waals surface area contributed by atoms with E-state index in [4.69, 9.17) is 16.7 Å². The van der Waals surface area contributed by atoms with Gasteiger partial charge in [-0.15, -0.1) is 0 Å². The predicted octanol–water partition coefficient (Wildman–Crippen LogP) is 1.86. The number of hydrazine groups is 1. The molecule has 0 bridgehead atoms. The topological polar surface area (TPSA) is 126 Å². The summed E-state index contributed by atoms with van der Waals surface area (Å²) in [6.45, 7) is 1.08. The van der Waals surface area contributed by atoms with E-state index in [9.17, 15) is 9.59 Å². The molecule has 1 saturated carbocycles. The fraction of sp³-hybridized carbons (Fsp3) is 0.727. The van der Waals surface area contributed by atoms with Gasteiger partial charge in [0, 0.05) is 31.7 Å². The zero-order valence-electron chi connectivity index (χ0n) is 20.7.